The zero-order valence-corrected chi connectivity index (χ0v) is 44.4. The van der Waals surface area contributed by atoms with Crippen molar-refractivity contribution in [2.24, 2.45) is 0 Å². The van der Waals surface area contributed by atoms with E-state index in [1.165, 1.54) is 111 Å². The molecule has 2 aliphatic carbocycles. The first-order valence-corrected chi connectivity index (χ1v) is 26.7. The average molecular weight is 946 g/mol. The van der Waals surface area contributed by atoms with Gasteiger partial charge < -0.3 is 4.90 Å². The highest BCUT2D eigenvalue weighted by Gasteiger charge is 2.38. The van der Waals surface area contributed by atoms with Crippen molar-refractivity contribution in [1.82, 2.24) is 0 Å². The van der Waals surface area contributed by atoms with Crippen molar-refractivity contribution in [2.45, 2.75) is 104 Å². The molecule has 2 aliphatic rings. The molecule has 0 aliphatic heterocycles. The van der Waals surface area contributed by atoms with Crippen LogP contribution in [0.1, 0.15) is 115 Å². The minimum atomic E-state index is -0.0876. The van der Waals surface area contributed by atoms with Crippen LogP contribution >= 0.6 is 0 Å². The van der Waals surface area contributed by atoms with Crippen molar-refractivity contribution in [3.8, 4) is 55.6 Å². The molecule has 0 fully saturated rings. The van der Waals surface area contributed by atoms with Crippen molar-refractivity contribution in [2.75, 3.05) is 4.90 Å². The smallest absolute Gasteiger partial charge is 0.0462 e. The minimum Gasteiger partial charge on any atom is -0.311 e. The molecule has 0 heterocycles. The third kappa shape index (κ3) is 7.41. The van der Waals surface area contributed by atoms with E-state index in [0.717, 1.165) is 29.9 Å². The lowest BCUT2D eigenvalue weighted by molar-refractivity contribution is 0.504. The fourth-order valence-corrected chi connectivity index (χ4v) is 12.4. The second-order valence-electron chi connectivity index (χ2n) is 23.4. The summed E-state index contributed by atoms with van der Waals surface area (Å²) in [6, 6.07) is 76.3. The summed E-state index contributed by atoms with van der Waals surface area (Å²) in [4.78, 5) is 2.42. The van der Waals surface area contributed by atoms with E-state index in [1.807, 2.05) is 0 Å². The van der Waals surface area contributed by atoms with Gasteiger partial charge in [0.15, 0.2) is 0 Å². The molecular weight excluding hydrogens is 879 g/mol. The van der Waals surface area contributed by atoms with Crippen LogP contribution < -0.4 is 4.90 Å². The van der Waals surface area contributed by atoms with Gasteiger partial charge in [-0.3, -0.25) is 0 Å². The molecule has 0 aromatic heterocycles. The normalized spacial score (nSPS) is 14.2. The highest BCUT2D eigenvalue weighted by molar-refractivity contribution is 6.21. The molecule has 1 heteroatoms. The second kappa shape index (κ2) is 17.1. The fraction of sp³-hybridized carbons (Fsp3) is 0.222. The molecule has 0 atom stereocenters. The zero-order valence-electron chi connectivity index (χ0n) is 44.4. The second-order valence-corrected chi connectivity index (χ2v) is 23.4. The third-order valence-corrected chi connectivity index (χ3v) is 17.8. The number of hydrogen-bond acceptors (Lipinski definition) is 1. The first-order valence-electron chi connectivity index (χ1n) is 26.7. The zero-order chi connectivity index (χ0) is 50.6. The van der Waals surface area contributed by atoms with Crippen LogP contribution in [-0.4, -0.2) is 0 Å². The Morgan fingerprint density at radius 1 is 0.329 bits per heavy atom. The number of anilines is 3. The summed E-state index contributed by atoms with van der Waals surface area (Å²) in [7, 11) is 0. The number of benzene rings is 10. The maximum absolute atomic E-state index is 2.49. The lowest BCUT2D eigenvalue weighted by Crippen LogP contribution is -2.19. The Hall–Kier alpha value is -7.48. The van der Waals surface area contributed by atoms with Crippen molar-refractivity contribution in [3.05, 3.63) is 234 Å². The van der Waals surface area contributed by atoms with Crippen LogP contribution in [0.5, 0.6) is 0 Å². The van der Waals surface area contributed by atoms with Gasteiger partial charge in [-0.05, 0) is 183 Å². The van der Waals surface area contributed by atoms with Gasteiger partial charge in [-0.2, -0.15) is 0 Å². The Bertz CT molecular complexity index is 3730. The summed E-state index contributed by atoms with van der Waals surface area (Å²) < 4.78 is 0. The van der Waals surface area contributed by atoms with Gasteiger partial charge in [0.25, 0.3) is 0 Å². The van der Waals surface area contributed by atoms with Crippen LogP contribution in [0, 0.1) is 0 Å². The van der Waals surface area contributed by atoms with E-state index >= 15 is 0 Å². The number of nitrogens with zero attached hydrogens (tertiary/aromatic N) is 1. The molecule has 0 spiro atoms. The maximum atomic E-state index is 2.49. The predicted molar refractivity (Wildman–Crippen MR) is 314 cm³/mol. The fourth-order valence-electron chi connectivity index (χ4n) is 12.4. The minimum absolute atomic E-state index is 0.0800. The van der Waals surface area contributed by atoms with Crippen molar-refractivity contribution >= 4 is 38.6 Å². The molecule has 360 valence electrons. The van der Waals surface area contributed by atoms with Gasteiger partial charge in [-0.15, -0.1) is 0 Å². The van der Waals surface area contributed by atoms with Gasteiger partial charge in [-0.25, -0.2) is 0 Å². The van der Waals surface area contributed by atoms with Crippen LogP contribution in [0.4, 0.5) is 17.1 Å². The Labute approximate surface area is 434 Å². The molecule has 0 unspecified atom stereocenters. The molecular formula is C72H67N. The summed E-state index contributed by atoms with van der Waals surface area (Å²) >= 11 is 0. The van der Waals surface area contributed by atoms with Gasteiger partial charge in [0.2, 0.25) is 0 Å². The molecule has 10 aromatic carbocycles. The van der Waals surface area contributed by atoms with Gasteiger partial charge >= 0.3 is 0 Å². The lowest BCUT2D eigenvalue weighted by atomic mass is 9.77. The quantitative estimate of drug-likeness (QED) is 0.124. The molecule has 0 bridgehead atoms. The summed E-state index contributed by atoms with van der Waals surface area (Å²) in [6.45, 7) is 23.5. The van der Waals surface area contributed by atoms with Crippen LogP contribution in [0.3, 0.4) is 0 Å². The van der Waals surface area contributed by atoms with Crippen molar-refractivity contribution < 1.29 is 0 Å². The van der Waals surface area contributed by atoms with E-state index < -0.39 is 0 Å². The lowest BCUT2D eigenvalue weighted by Gasteiger charge is -2.28. The van der Waals surface area contributed by atoms with E-state index in [2.05, 4.69) is 274 Å². The van der Waals surface area contributed by atoms with Crippen LogP contribution in [0.2, 0.25) is 0 Å². The number of hydrogen-bond donors (Lipinski definition) is 0. The van der Waals surface area contributed by atoms with E-state index in [1.54, 1.807) is 0 Å². The van der Waals surface area contributed by atoms with Gasteiger partial charge in [0.05, 0.1) is 0 Å². The first kappa shape index (κ1) is 46.6. The van der Waals surface area contributed by atoms with Gasteiger partial charge in [-0.1, -0.05) is 221 Å². The standard InChI is InChI=1S/C72H67N/c1-11-69(3,4)50-31-38-54(39-32-50)73(52-34-25-46(26-35-52)48-29-40-57-58-42-33-51(70(5,6)12-2)45-66(58)72(9,10)64(57)43-48)53-36-27-47(28-37-53)67-59-20-13-15-22-61(59)68(62-23-16-14-21-60(62)67)49-30-41-56-55-19-17-18-24-63(55)71(7,8)65(56)44-49/h13-45H,11-12H2,1-10H3. The van der Waals surface area contributed by atoms with E-state index in [0.29, 0.717) is 0 Å². The average Bonchev–Trinajstić information content (AvgIpc) is 3.79. The maximum Gasteiger partial charge on any atom is 0.0462 e. The summed E-state index contributed by atoms with van der Waals surface area (Å²) in [6.07, 6.45) is 2.19. The summed E-state index contributed by atoms with van der Waals surface area (Å²) in [5.41, 5.74) is 24.8. The van der Waals surface area contributed by atoms with Crippen molar-refractivity contribution in [3.63, 3.8) is 0 Å². The Morgan fingerprint density at radius 3 is 1.22 bits per heavy atom. The van der Waals surface area contributed by atoms with E-state index in [4.69, 9.17) is 0 Å². The summed E-state index contributed by atoms with van der Waals surface area (Å²) in [5.74, 6) is 0. The molecule has 0 N–H and O–H groups in total. The Balaban J connectivity index is 0.928. The van der Waals surface area contributed by atoms with Crippen LogP contribution in [-0.2, 0) is 21.7 Å². The molecule has 0 amide bonds. The molecule has 73 heavy (non-hydrogen) atoms. The molecule has 0 saturated carbocycles. The Morgan fingerprint density at radius 2 is 0.685 bits per heavy atom. The van der Waals surface area contributed by atoms with E-state index in [-0.39, 0.29) is 21.7 Å². The van der Waals surface area contributed by atoms with Gasteiger partial charge in [0.1, 0.15) is 0 Å². The van der Waals surface area contributed by atoms with Crippen LogP contribution in [0.15, 0.2) is 200 Å². The highest BCUT2D eigenvalue weighted by Crippen LogP contribution is 2.53. The highest BCUT2D eigenvalue weighted by atomic mass is 15.1. The number of fused-ring (bicyclic) bond motifs is 8. The van der Waals surface area contributed by atoms with E-state index in [9.17, 15) is 0 Å². The summed E-state index contributed by atoms with van der Waals surface area (Å²) in [5, 5.41) is 5.06. The molecule has 12 rings (SSSR count). The van der Waals surface area contributed by atoms with Crippen molar-refractivity contribution in [1.29, 1.82) is 0 Å². The van der Waals surface area contributed by atoms with Gasteiger partial charge in [0, 0.05) is 27.9 Å². The molecule has 1 nitrogen and oxygen atoms in total. The largest absolute Gasteiger partial charge is 0.311 e. The predicted octanol–water partition coefficient (Wildman–Crippen LogP) is 20.5. The SMILES string of the molecule is CCC(C)(C)c1ccc(N(c2ccc(-c3ccc4c(c3)C(C)(C)c3cc(C(C)(C)CC)ccc3-4)cc2)c2ccc(-c3c4ccccc4c(-c4ccc5c(c4)C(C)(C)c4ccccc4-5)c4ccccc34)cc2)cc1. The monoisotopic (exact) mass is 946 g/mol. The third-order valence-electron chi connectivity index (χ3n) is 17.8. The molecule has 10 aromatic rings. The first-order chi connectivity index (χ1) is 35.1. The topological polar surface area (TPSA) is 3.24 Å². The number of rotatable bonds is 10. The Kier molecular flexibility index (Phi) is 10.9. The van der Waals surface area contributed by atoms with Crippen LogP contribution in [0.25, 0.3) is 77.2 Å². The molecule has 0 saturated heterocycles. The molecule has 0 radical (unpaired) electrons.